The van der Waals surface area contributed by atoms with Crippen molar-refractivity contribution < 1.29 is 63.0 Å². The largest absolute Gasteiger partial charge is 0.508 e. The molecule has 11 amide bonds. The van der Waals surface area contributed by atoms with Crippen molar-refractivity contribution in [2.75, 3.05) is 55.9 Å². The molecule has 0 radical (unpaired) electrons. The van der Waals surface area contributed by atoms with Gasteiger partial charge in [-0.3, -0.25) is 52.7 Å². The summed E-state index contributed by atoms with van der Waals surface area (Å²) in [6.07, 6.45) is 2.48. The fourth-order valence-corrected chi connectivity index (χ4v) is 10.4. The van der Waals surface area contributed by atoms with E-state index in [9.17, 15) is 53.4 Å². The Morgan fingerprint density at radius 2 is 1.03 bits per heavy atom. The van der Waals surface area contributed by atoms with Gasteiger partial charge in [0, 0.05) is 55.8 Å². The summed E-state index contributed by atoms with van der Waals surface area (Å²) in [6, 6.07) is -6.91. The highest BCUT2D eigenvalue weighted by molar-refractivity contribution is 5.99. The molecule has 484 valence electrons. The number of aliphatic hydroxyl groups excluding tert-OH is 1. The van der Waals surface area contributed by atoms with Crippen LogP contribution in [0.15, 0.2) is 36.4 Å². The minimum Gasteiger partial charge on any atom is -0.508 e. The highest BCUT2D eigenvalue weighted by Crippen LogP contribution is 2.25. The normalized spacial score (nSPS) is 26.5. The van der Waals surface area contributed by atoms with E-state index in [0.717, 1.165) is 19.6 Å². The molecule has 24 nitrogen and oxygen atoms in total. The van der Waals surface area contributed by atoms with Crippen LogP contribution in [0.1, 0.15) is 128 Å². The Kier molecular flexibility index (Phi) is 29.4. The van der Waals surface area contributed by atoms with E-state index in [1.807, 2.05) is 27.7 Å². The van der Waals surface area contributed by atoms with E-state index in [2.05, 4.69) is 21.3 Å². The summed E-state index contributed by atoms with van der Waals surface area (Å²) < 4.78 is 0. The maximum Gasteiger partial charge on any atom is 0.246 e. The quantitative estimate of drug-likeness (QED) is 0.155. The van der Waals surface area contributed by atoms with Gasteiger partial charge in [-0.2, -0.15) is 0 Å². The van der Waals surface area contributed by atoms with Crippen LogP contribution in [0.25, 0.3) is 0 Å². The number of hydrogen-bond acceptors (Lipinski definition) is 13. The molecule has 1 fully saturated rings. The van der Waals surface area contributed by atoms with Gasteiger partial charge in [0.2, 0.25) is 65.0 Å². The molecule has 1 saturated heterocycles. The average Bonchev–Trinajstić information content (AvgIpc) is 3.43. The van der Waals surface area contributed by atoms with Gasteiger partial charge in [-0.1, -0.05) is 93.5 Å². The molecular formula is C62H103N11O13. The van der Waals surface area contributed by atoms with Gasteiger partial charge in [-0.25, -0.2) is 0 Å². The van der Waals surface area contributed by atoms with Gasteiger partial charge in [0.05, 0.1) is 12.6 Å². The third kappa shape index (κ3) is 20.0. The van der Waals surface area contributed by atoms with Crippen molar-refractivity contribution in [2.45, 2.75) is 196 Å². The lowest BCUT2D eigenvalue weighted by molar-refractivity contribution is -0.157. The molecule has 2 rings (SSSR count). The zero-order chi connectivity index (χ0) is 66.1. The molecule has 0 unspecified atom stereocenters. The number of hydrogen-bond donors (Lipinski definition) is 6. The number of allylic oxidation sites excluding steroid dienone is 2. The molecule has 1 aromatic rings. The first-order valence-electron chi connectivity index (χ1n) is 30.0. The number of phenolic OH excluding ortho intramolecular Hbond substituents is 1. The second-order valence-electron chi connectivity index (χ2n) is 24.9. The summed E-state index contributed by atoms with van der Waals surface area (Å²) in [7, 11) is 9.67. The van der Waals surface area contributed by atoms with Crippen molar-refractivity contribution in [1.29, 1.82) is 0 Å². The Labute approximate surface area is 510 Å². The van der Waals surface area contributed by atoms with Crippen LogP contribution in [0.4, 0.5) is 0 Å². The van der Waals surface area contributed by atoms with Crippen LogP contribution >= 0.6 is 0 Å². The second kappa shape index (κ2) is 33.7. The molecule has 1 aliphatic heterocycles. The number of carbonyl (C=O) groups is 11. The predicted octanol–water partition coefficient (Wildman–Crippen LogP) is 2.15. The molecule has 1 heterocycles. The number of benzene rings is 1. The molecule has 0 saturated carbocycles. The predicted molar refractivity (Wildman–Crippen MR) is 327 cm³/mol. The summed E-state index contributed by atoms with van der Waals surface area (Å²) in [5.74, 6) is -10.1. The summed E-state index contributed by atoms with van der Waals surface area (Å²) in [6.45, 7) is 23.0. The minimum absolute atomic E-state index is 0.0108. The minimum atomic E-state index is -1.64. The Bertz CT molecular complexity index is 2560. The van der Waals surface area contributed by atoms with E-state index >= 15 is 9.59 Å². The van der Waals surface area contributed by atoms with Crippen molar-refractivity contribution in [2.24, 2.45) is 29.6 Å². The molecule has 86 heavy (non-hydrogen) atoms. The van der Waals surface area contributed by atoms with Gasteiger partial charge in [-0.05, 0) is 101 Å². The standard InChI is InChI=1S/C62H103N11O13/c1-22-24-25-38(11)52(76)51-56(80)65-44(23-2)58(82)67(15)33-48(75)69(17)45(32-42-26-28-43(74)29-27-42)55(79)66-49(36(7)8)61(85)68(16)41(14)54(78)63-39(12)53(77)64-40(13)57(81)70(18)46(30-34(3)4)59(83)71(19)47(31-35(5)6)60(84)72(20)50(37(9)10)62(86)73(51)21/h22,24,26-29,34-41,44-47,49-52,74,76H,23,25,30-33H2,1-21H3,(H,63,78)(H,64,77)(H,65,80)(H,66,79)/b24-22+/t38-,39+,40-,41+,44+,45+,46+,47-,49+,50+,51+,52-/m1/s1. The molecule has 24 heteroatoms. The van der Waals surface area contributed by atoms with Crippen molar-refractivity contribution in [3.05, 3.63) is 42.0 Å². The Morgan fingerprint density at radius 1 is 0.535 bits per heavy atom. The smallest absolute Gasteiger partial charge is 0.246 e. The molecule has 0 aliphatic carbocycles. The molecule has 0 spiro atoms. The fourth-order valence-electron chi connectivity index (χ4n) is 10.4. The molecule has 1 aromatic carbocycles. The van der Waals surface area contributed by atoms with Crippen LogP contribution in [0.3, 0.4) is 0 Å². The number of phenols is 1. The third-order valence-electron chi connectivity index (χ3n) is 16.2. The highest BCUT2D eigenvalue weighted by Gasteiger charge is 2.45. The second-order valence-corrected chi connectivity index (χ2v) is 24.9. The van der Waals surface area contributed by atoms with Gasteiger partial charge < -0.3 is 65.8 Å². The van der Waals surface area contributed by atoms with E-state index in [0.29, 0.717) is 12.0 Å². The van der Waals surface area contributed by atoms with Gasteiger partial charge >= 0.3 is 0 Å². The van der Waals surface area contributed by atoms with Crippen LogP contribution in [-0.2, 0) is 59.2 Å². The highest BCUT2D eigenvalue weighted by atomic mass is 16.3. The first-order valence-corrected chi connectivity index (χ1v) is 30.0. The van der Waals surface area contributed by atoms with Crippen LogP contribution in [-0.4, -0.2) is 232 Å². The molecule has 12 atom stereocenters. The Morgan fingerprint density at radius 3 is 1.52 bits per heavy atom. The average molecular weight is 1210 g/mol. The fraction of sp³-hybridized carbons (Fsp3) is 0.694. The number of aliphatic hydroxyl groups is 1. The van der Waals surface area contributed by atoms with Gasteiger partial charge in [0.25, 0.3) is 0 Å². The number of aromatic hydroxyl groups is 1. The van der Waals surface area contributed by atoms with E-state index in [1.54, 1.807) is 72.8 Å². The lowest BCUT2D eigenvalue weighted by Gasteiger charge is -2.41. The van der Waals surface area contributed by atoms with E-state index in [4.69, 9.17) is 0 Å². The van der Waals surface area contributed by atoms with Crippen molar-refractivity contribution in [3.63, 3.8) is 0 Å². The van der Waals surface area contributed by atoms with Crippen LogP contribution in [0.5, 0.6) is 5.75 Å². The molecule has 6 N–H and O–H groups in total. The number of likely N-dealkylation sites (N-methyl/N-ethyl adjacent to an activating group) is 7. The Balaban J connectivity index is 2.95. The summed E-state index contributed by atoms with van der Waals surface area (Å²) in [5.41, 5.74) is 0.518. The number of rotatable bonds is 13. The van der Waals surface area contributed by atoms with E-state index in [1.165, 1.54) is 96.9 Å². The maximum absolute atomic E-state index is 15.1. The van der Waals surface area contributed by atoms with Gasteiger partial charge in [0.1, 0.15) is 66.2 Å². The van der Waals surface area contributed by atoms with E-state index < -0.39 is 156 Å². The van der Waals surface area contributed by atoms with Crippen molar-refractivity contribution in [1.82, 2.24) is 55.6 Å². The van der Waals surface area contributed by atoms with Crippen LogP contribution in [0.2, 0.25) is 0 Å². The molecule has 0 bridgehead atoms. The molecular weight excluding hydrogens is 1110 g/mol. The first-order chi connectivity index (χ1) is 39.9. The van der Waals surface area contributed by atoms with Gasteiger partial charge in [-0.15, -0.1) is 0 Å². The number of carbonyl (C=O) groups excluding carboxylic acids is 11. The topological polar surface area (TPSA) is 299 Å². The number of amides is 11. The summed E-state index contributed by atoms with van der Waals surface area (Å²) in [4.78, 5) is 168. The van der Waals surface area contributed by atoms with Crippen LogP contribution < -0.4 is 21.3 Å². The zero-order valence-corrected chi connectivity index (χ0v) is 55.0. The van der Waals surface area contributed by atoms with Gasteiger partial charge in [0.15, 0.2) is 0 Å². The lowest BCUT2D eigenvalue weighted by Crippen LogP contribution is -2.63. The van der Waals surface area contributed by atoms with E-state index in [-0.39, 0.29) is 43.3 Å². The molecule has 1 aliphatic rings. The zero-order valence-electron chi connectivity index (χ0n) is 55.0. The molecule has 0 aromatic heterocycles. The van der Waals surface area contributed by atoms with Crippen molar-refractivity contribution in [3.8, 4) is 5.75 Å². The maximum atomic E-state index is 15.1. The third-order valence-corrected chi connectivity index (χ3v) is 16.2. The lowest BCUT2D eigenvalue weighted by atomic mass is 9.91. The monoisotopic (exact) mass is 1210 g/mol. The summed E-state index contributed by atoms with van der Waals surface area (Å²) in [5, 5.41) is 32.9. The summed E-state index contributed by atoms with van der Waals surface area (Å²) >= 11 is 0. The number of nitrogens with one attached hydrogen (secondary N) is 4. The SMILES string of the molecule is C/C=C/C[C@@H](C)[C@@H](O)[C@H]1C(=O)N[C@@H](CC)C(=O)N(C)CC(=O)N(C)[C@@H](Cc2ccc(O)cc2)C(=O)N[C@@H](C(C)C)C(=O)N(C)[C@@H](C)C(=O)N[C@@H](C)C(=O)N[C@H](C)C(=O)N(C)[C@@H](CC(C)C)C(=O)N(C)[C@H](CC(C)C)C(=O)N(C)[C@@H](C(C)C)C(=O)N1C. The first kappa shape index (κ1) is 75.0. The van der Waals surface area contributed by atoms with Crippen LogP contribution in [0, 0.1) is 29.6 Å². The Hall–Kier alpha value is -7.11. The van der Waals surface area contributed by atoms with Crippen molar-refractivity contribution >= 4 is 65.0 Å². The number of nitrogens with zero attached hydrogens (tertiary/aromatic N) is 7.